The van der Waals surface area contributed by atoms with E-state index in [1.165, 1.54) is 18.0 Å². The van der Waals surface area contributed by atoms with E-state index < -0.39 is 0 Å². The minimum Gasteiger partial charge on any atom is -0.311 e. The minimum absolute atomic E-state index is 0.633. The van der Waals surface area contributed by atoms with Gasteiger partial charge in [0.05, 0.1) is 0 Å². The molecule has 1 saturated heterocycles. The second kappa shape index (κ2) is 5.54. The third-order valence-electron chi connectivity index (χ3n) is 2.65. The number of nitrogens with one attached hydrogen (secondary N) is 1. The smallest absolute Gasteiger partial charge is 0.0289 e. The van der Waals surface area contributed by atoms with E-state index in [1.807, 2.05) is 11.8 Å². The van der Waals surface area contributed by atoms with E-state index in [2.05, 4.69) is 47.6 Å². The minimum atomic E-state index is 0.633. The molecule has 0 bridgehead atoms. The molecule has 82 valence electrons. The first-order valence-electron chi connectivity index (χ1n) is 5.44. The Labute approximate surface area is 96.0 Å². The Hall–Kier alpha value is -0.510. The van der Waals surface area contributed by atoms with Crippen molar-refractivity contribution in [3.05, 3.63) is 30.3 Å². The van der Waals surface area contributed by atoms with Crippen molar-refractivity contribution < 1.29 is 0 Å². The SMILES string of the molecule is CN1CCNC(CSc2ccccc2)C1. The molecule has 0 amide bonds. The van der Waals surface area contributed by atoms with Crippen molar-refractivity contribution in [3.8, 4) is 0 Å². The molecular weight excluding hydrogens is 204 g/mol. The van der Waals surface area contributed by atoms with E-state index in [9.17, 15) is 0 Å². The predicted octanol–water partition coefficient (Wildman–Crippen LogP) is 1.68. The third kappa shape index (κ3) is 3.52. The van der Waals surface area contributed by atoms with Gasteiger partial charge in [-0.2, -0.15) is 0 Å². The topological polar surface area (TPSA) is 15.3 Å². The summed E-state index contributed by atoms with van der Waals surface area (Å²) in [6.07, 6.45) is 0. The van der Waals surface area contributed by atoms with Crippen LogP contribution >= 0.6 is 11.8 Å². The first-order chi connectivity index (χ1) is 7.34. The molecule has 1 heterocycles. The van der Waals surface area contributed by atoms with Crippen LogP contribution < -0.4 is 5.32 Å². The molecule has 1 aromatic rings. The van der Waals surface area contributed by atoms with Crippen LogP contribution in [-0.4, -0.2) is 43.4 Å². The molecule has 0 radical (unpaired) electrons. The fourth-order valence-electron chi connectivity index (χ4n) is 1.82. The van der Waals surface area contributed by atoms with E-state index in [1.54, 1.807) is 0 Å². The molecule has 0 spiro atoms. The highest BCUT2D eigenvalue weighted by Gasteiger charge is 2.15. The molecule has 1 aliphatic rings. The zero-order valence-corrected chi connectivity index (χ0v) is 9.96. The van der Waals surface area contributed by atoms with Crippen LogP contribution in [0.25, 0.3) is 0 Å². The molecule has 1 aliphatic heterocycles. The summed E-state index contributed by atoms with van der Waals surface area (Å²) in [4.78, 5) is 3.76. The van der Waals surface area contributed by atoms with Gasteiger partial charge in [0.1, 0.15) is 0 Å². The van der Waals surface area contributed by atoms with E-state index >= 15 is 0 Å². The summed E-state index contributed by atoms with van der Waals surface area (Å²) in [6.45, 7) is 3.46. The van der Waals surface area contributed by atoms with Gasteiger partial charge in [0.15, 0.2) is 0 Å². The number of likely N-dealkylation sites (N-methyl/N-ethyl adjacent to an activating group) is 1. The van der Waals surface area contributed by atoms with Gasteiger partial charge in [-0.15, -0.1) is 11.8 Å². The van der Waals surface area contributed by atoms with Gasteiger partial charge >= 0.3 is 0 Å². The number of hydrogen-bond donors (Lipinski definition) is 1. The lowest BCUT2D eigenvalue weighted by atomic mass is 10.2. The maximum atomic E-state index is 3.56. The summed E-state index contributed by atoms with van der Waals surface area (Å²) in [5, 5.41) is 3.56. The van der Waals surface area contributed by atoms with Gasteiger partial charge in [-0.1, -0.05) is 18.2 Å². The van der Waals surface area contributed by atoms with Crippen LogP contribution in [0.3, 0.4) is 0 Å². The molecule has 2 rings (SSSR count). The predicted molar refractivity (Wildman–Crippen MR) is 66.5 cm³/mol. The first-order valence-corrected chi connectivity index (χ1v) is 6.43. The maximum absolute atomic E-state index is 3.56. The Morgan fingerprint density at radius 1 is 1.40 bits per heavy atom. The molecule has 2 nitrogen and oxygen atoms in total. The Morgan fingerprint density at radius 2 is 2.20 bits per heavy atom. The van der Waals surface area contributed by atoms with Crippen LogP contribution in [0.4, 0.5) is 0 Å². The van der Waals surface area contributed by atoms with Crippen molar-refractivity contribution in [2.45, 2.75) is 10.9 Å². The van der Waals surface area contributed by atoms with Gasteiger partial charge < -0.3 is 10.2 Å². The van der Waals surface area contributed by atoms with Crippen molar-refractivity contribution in [2.24, 2.45) is 0 Å². The number of nitrogens with zero attached hydrogens (tertiary/aromatic N) is 1. The molecule has 1 aromatic carbocycles. The highest BCUT2D eigenvalue weighted by atomic mass is 32.2. The number of rotatable bonds is 3. The summed E-state index contributed by atoms with van der Waals surface area (Å²) in [7, 11) is 2.20. The monoisotopic (exact) mass is 222 g/mol. The normalized spacial score (nSPS) is 22.9. The van der Waals surface area contributed by atoms with Crippen molar-refractivity contribution >= 4 is 11.8 Å². The van der Waals surface area contributed by atoms with Crippen molar-refractivity contribution in [3.63, 3.8) is 0 Å². The van der Waals surface area contributed by atoms with Gasteiger partial charge in [-0.05, 0) is 19.2 Å². The summed E-state index contributed by atoms with van der Waals surface area (Å²) in [5.41, 5.74) is 0. The molecule has 1 fully saturated rings. The average Bonchev–Trinajstić information content (AvgIpc) is 2.28. The van der Waals surface area contributed by atoms with Crippen molar-refractivity contribution in [2.75, 3.05) is 32.4 Å². The second-order valence-electron chi connectivity index (χ2n) is 4.04. The van der Waals surface area contributed by atoms with Crippen molar-refractivity contribution in [1.82, 2.24) is 10.2 Å². The van der Waals surface area contributed by atoms with E-state index in [-0.39, 0.29) is 0 Å². The Bertz CT molecular complexity index is 289. The summed E-state index contributed by atoms with van der Waals surface area (Å²) >= 11 is 1.94. The second-order valence-corrected chi connectivity index (χ2v) is 5.13. The molecule has 1 N–H and O–H groups in total. The molecule has 0 aliphatic carbocycles. The molecule has 0 saturated carbocycles. The lowest BCUT2D eigenvalue weighted by molar-refractivity contribution is 0.250. The standard InChI is InChI=1S/C12H18N2S/c1-14-8-7-13-11(9-14)10-15-12-5-3-2-4-6-12/h2-6,11,13H,7-10H2,1H3. The summed E-state index contributed by atoms with van der Waals surface area (Å²) < 4.78 is 0. The Balaban J connectivity index is 1.78. The number of benzene rings is 1. The fourth-order valence-corrected chi connectivity index (χ4v) is 2.78. The highest BCUT2D eigenvalue weighted by Crippen LogP contribution is 2.18. The van der Waals surface area contributed by atoms with Gasteiger partial charge in [0.25, 0.3) is 0 Å². The highest BCUT2D eigenvalue weighted by molar-refractivity contribution is 7.99. The van der Waals surface area contributed by atoms with E-state index in [4.69, 9.17) is 0 Å². The zero-order valence-electron chi connectivity index (χ0n) is 9.15. The fraction of sp³-hybridized carbons (Fsp3) is 0.500. The van der Waals surface area contributed by atoms with E-state index in [0.29, 0.717) is 6.04 Å². The molecule has 1 unspecified atom stereocenters. The van der Waals surface area contributed by atoms with Gasteiger partial charge in [-0.3, -0.25) is 0 Å². The van der Waals surface area contributed by atoms with Crippen LogP contribution in [-0.2, 0) is 0 Å². The molecule has 15 heavy (non-hydrogen) atoms. The molecule has 0 aromatic heterocycles. The van der Waals surface area contributed by atoms with Gasteiger partial charge in [0.2, 0.25) is 0 Å². The molecule has 1 atom stereocenters. The third-order valence-corrected chi connectivity index (χ3v) is 3.83. The lowest BCUT2D eigenvalue weighted by Crippen LogP contribution is -2.50. The number of piperazine rings is 1. The summed E-state index contributed by atoms with van der Waals surface area (Å²) in [6, 6.07) is 11.3. The van der Waals surface area contributed by atoms with Crippen LogP contribution in [0.15, 0.2) is 35.2 Å². The van der Waals surface area contributed by atoms with E-state index in [0.717, 1.165) is 12.3 Å². The Kier molecular flexibility index (Phi) is 4.06. The Morgan fingerprint density at radius 3 is 2.93 bits per heavy atom. The number of hydrogen-bond acceptors (Lipinski definition) is 3. The first kappa shape index (κ1) is 11.0. The largest absolute Gasteiger partial charge is 0.311 e. The van der Waals surface area contributed by atoms with Crippen molar-refractivity contribution in [1.29, 1.82) is 0 Å². The lowest BCUT2D eigenvalue weighted by Gasteiger charge is -2.30. The van der Waals surface area contributed by atoms with Crippen LogP contribution in [0.2, 0.25) is 0 Å². The number of thioether (sulfide) groups is 1. The van der Waals surface area contributed by atoms with Crippen LogP contribution in [0.5, 0.6) is 0 Å². The maximum Gasteiger partial charge on any atom is 0.0289 e. The average molecular weight is 222 g/mol. The summed E-state index contributed by atoms with van der Waals surface area (Å²) in [5.74, 6) is 1.16. The zero-order chi connectivity index (χ0) is 10.5. The van der Waals surface area contributed by atoms with Gasteiger partial charge in [-0.25, -0.2) is 0 Å². The molecule has 3 heteroatoms. The van der Waals surface area contributed by atoms with Gasteiger partial charge in [0, 0.05) is 36.3 Å². The molecular formula is C12H18N2S. The quantitative estimate of drug-likeness (QED) is 0.783. The van der Waals surface area contributed by atoms with Crippen LogP contribution in [0.1, 0.15) is 0 Å². The van der Waals surface area contributed by atoms with Crippen LogP contribution in [0, 0.1) is 0 Å².